The zero-order valence-electron chi connectivity index (χ0n) is 26.8. The summed E-state index contributed by atoms with van der Waals surface area (Å²) in [6.07, 6.45) is -3.60. The number of carboxylic acid groups (broad SMARTS) is 1. The summed E-state index contributed by atoms with van der Waals surface area (Å²) in [5.41, 5.74) is 2.00. The zero-order chi connectivity index (χ0) is 34.6. The standard InChI is InChI=1S/C31H32F4N4O6.C2H6/c1-16-11-19(39-8-10-44-15-25(39)31(33,34)35)14-23(32)26(16)28(40)36-24(30(42)43)13-18-6-7-21(27-20(18)5-4-9-45-27)22-12-17(2)37-38(3)29(22)41;1-2/h6-7,11-12,14,24-25H,4-5,8-10,13,15H2,1-3H3,(H,36,40)(H,42,43);1-2H3/t24-,25+;/m0./s1. The summed E-state index contributed by atoms with van der Waals surface area (Å²) in [4.78, 5) is 39.4. The van der Waals surface area contributed by atoms with Gasteiger partial charge in [0.05, 0.1) is 36.6 Å². The monoisotopic (exact) mass is 662 g/mol. The molecule has 2 aliphatic heterocycles. The highest BCUT2D eigenvalue weighted by molar-refractivity contribution is 5.98. The third-order valence-corrected chi connectivity index (χ3v) is 8.02. The van der Waals surface area contributed by atoms with Crippen molar-refractivity contribution in [2.24, 2.45) is 7.05 Å². The van der Waals surface area contributed by atoms with Crippen LogP contribution in [0.2, 0.25) is 0 Å². The van der Waals surface area contributed by atoms with Gasteiger partial charge in [-0.2, -0.15) is 18.3 Å². The number of nitrogens with zero attached hydrogens (tertiary/aromatic N) is 3. The molecule has 1 saturated heterocycles. The summed E-state index contributed by atoms with van der Waals surface area (Å²) in [5.74, 6) is -3.01. The van der Waals surface area contributed by atoms with Crippen molar-refractivity contribution in [1.29, 1.82) is 0 Å². The van der Waals surface area contributed by atoms with Crippen LogP contribution in [0.25, 0.3) is 11.1 Å². The van der Waals surface area contributed by atoms with E-state index >= 15 is 4.39 Å². The van der Waals surface area contributed by atoms with E-state index in [4.69, 9.17) is 9.47 Å². The van der Waals surface area contributed by atoms with E-state index in [0.717, 1.165) is 11.0 Å². The average Bonchev–Trinajstić information content (AvgIpc) is 3.02. The molecule has 0 radical (unpaired) electrons. The molecule has 0 saturated carbocycles. The van der Waals surface area contributed by atoms with Crippen molar-refractivity contribution < 1.29 is 41.7 Å². The normalized spacial score (nSPS) is 16.7. The molecule has 0 aliphatic carbocycles. The first-order chi connectivity index (χ1) is 22.3. The number of carboxylic acids is 1. The van der Waals surface area contributed by atoms with E-state index < -0.39 is 48.1 Å². The molecule has 0 unspecified atom stereocenters. The van der Waals surface area contributed by atoms with Crippen molar-refractivity contribution in [3.8, 4) is 16.9 Å². The number of aliphatic carboxylic acids is 1. The number of amides is 1. The fraction of sp³-hybridized carbons (Fsp3) is 0.455. The molecule has 1 aromatic heterocycles. The lowest BCUT2D eigenvalue weighted by Crippen LogP contribution is -2.53. The SMILES string of the molecule is CC.Cc1cc(-c2ccc(C[C@H](NC(=O)c3c(C)cc(N4CCOC[C@@H]4C(F)(F)F)cc3F)C(=O)O)c3c2OCCC3)c(=O)n(C)n1. The van der Waals surface area contributed by atoms with Gasteiger partial charge >= 0.3 is 12.1 Å². The topological polar surface area (TPSA) is 123 Å². The summed E-state index contributed by atoms with van der Waals surface area (Å²) in [6, 6.07) is 3.67. The number of nitrogens with one attached hydrogen (secondary N) is 1. The summed E-state index contributed by atoms with van der Waals surface area (Å²) in [7, 11) is 1.54. The first-order valence-electron chi connectivity index (χ1n) is 15.3. The van der Waals surface area contributed by atoms with Gasteiger partial charge in [0.15, 0.2) is 0 Å². The number of aromatic nitrogens is 2. The number of aryl methyl sites for hydroxylation is 3. The molecule has 14 heteroatoms. The number of alkyl halides is 3. The molecule has 2 aromatic carbocycles. The number of carbonyl (C=O) groups excluding carboxylic acids is 1. The third-order valence-electron chi connectivity index (χ3n) is 8.02. The molecule has 3 heterocycles. The van der Waals surface area contributed by atoms with E-state index in [-0.39, 0.29) is 36.4 Å². The van der Waals surface area contributed by atoms with Crippen LogP contribution in [0, 0.1) is 19.7 Å². The average molecular weight is 663 g/mol. The maximum atomic E-state index is 15.3. The highest BCUT2D eigenvalue weighted by Crippen LogP contribution is 2.38. The lowest BCUT2D eigenvalue weighted by Gasteiger charge is -2.38. The maximum absolute atomic E-state index is 15.3. The van der Waals surface area contributed by atoms with Gasteiger partial charge < -0.3 is 24.8 Å². The Morgan fingerprint density at radius 3 is 2.51 bits per heavy atom. The number of carbonyl (C=O) groups is 2. The summed E-state index contributed by atoms with van der Waals surface area (Å²) < 4.78 is 68.3. The first kappa shape index (κ1) is 35.4. The van der Waals surface area contributed by atoms with Gasteiger partial charge in [0.25, 0.3) is 11.5 Å². The van der Waals surface area contributed by atoms with Gasteiger partial charge in [0, 0.05) is 31.3 Å². The number of ether oxygens (including phenoxy) is 2. The number of halogens is 4. The van der Waals surface area contributed by atoms with Crippen LogP contribution in [0.4, 0.5) is 23.2 Å². The molecule has 2 N–H and O–H groups in total. The predicted octanol–water partition coefficient (Wildman–Crippen LogP) is 4.75. The van der Waals surface area contributed by atoms with E-state index in [1.165, 1.54) is 17.7 Å². The van der Waals surface area contributed by atoms with Gasteiger partial charge in [0.1, 0.15) is 23.7 Å². The van der Waals surface area contributed by atoms with Crippen LogP contribution in [0.5, 0.6) is 5.75 Å². The molecule has 2 atom stereocenters. The van der Waals surface area contributed by atoms with Crippen molar-refractivity contribution in [2.75, 3.05) is 31.3 Å². The molecule has 0 bridgehead atoms. The van der Waals surface area contributed by atoms with Crippen LogP contribution in [0.3, 0.4) is 0 Å². The Balaban J connectivity index is 0.00000245. The quantitative estimate of drug-likeness (QED) is 0.348. The molecular formula is C33H38F4N4O6. The Kier molecular flexibility index (Phi) is 10.9. The highest BCUT2D eigenvalue weighted by atomic mass is 19.4. The lowest BCUT2D eigenvalue weighted by molar-refractivity contribution is -0.167. The van der Waals surface area contributed by atoms with Crippen molar-refractivity contribution in [2.45, 2.75) is 65.2 Å². The Bertz CT molecular complexity index is 1680. The van der Waals surface area contributed by atoms with Crippen LogP contribution in [-0.4, -0.2) is 71.4 Å². The van der Waals surface area contributed by atoms with Gasteiger partial charge in [0.2, 0.25) is 0 Å². The Labute approximate surface area is 269 Å². The number of rotatable bonds is 7. The molecule has 254 valence electrons. The van der Waals surface area contributed by atoms with Gasteiger partial charge in [-0.05, 0) is 61.6 Å². The Morgan fingerprint density at radius 2 is 1.85 bits per heavy atom. The van der Waals surface area contributed by atoms with Gasteiger partial charge in [-0.1, -0.05) is 26.0 Å². The molecule has 47 heavy (non-hydrogen) atoms. The molecule has 10 nitrogen and oxygen atoms in total. The van der Waals surface area contributed by atoms with E-state index in [1.54, 1.807) is 32.2 Å². The van der Waals surface area contributed by atoms with Gasteiger partial charge in [-0.3, -0.25) is 9.59 Å². The number of hydrogen-bond donors (Lipinski definition) is 2. The lowest BCUT2D eigenvalue weighted by atomic mass is 9.90. The second kappa shape index (κ2) is 14.5. The summed E-state index contributed by atoms with van der Waals surface area (Å²) in [6.45, 7) is 6.81. The van der Waals surface area contributed by atoms with E-state index in [1.807, 2.05) is 13.8 Å². The minimum atomic E-state index is -4.62. The summed E-state index contributed by atoms with van der Waals surface area (Å²) >= 11 is 0. The first-order valence-corrected chi connectivity index (χ1v) is 15.3. The molecular weight excluding hydrogens is 624 g/mol. The molecule has 2 aliphatic rings. The molecule has 1 amide bonds. The van der Waals surface area contributed by atoms with Gasteiger partial charge in [-0.25, -0.2) is 13.9 Å². The second-order valence-corrected chi connectivity index (χ2v) is 11.2. The predicted molar refractivity (Wildman–Crippen MR) is 167 cm³/mol. The van der Waals surface area contributed by atoms with Gasteiger partial charge in [-0.15, -0.1) is 0 Å². The fourth-order valence-corrected chi connectivity index (χ4v) is 5.90. The molecule has 3 aromatic rings. The second-order valence-electron chi connectivity index (χ2n) is 11.2. The van der Waals surface area contributed by atoms with Crippen LogP contribution in [0.1, 0.15) is 53.0 Å². The Hall–Kier alpha value is -4.46. The zero-order valence-corrected chi connectivity index (χ0v) is 26.8. The minimum Gasteiger partial charge on any atom is -0.493 e. The van der Waals surface area contributed by atoms with Crippen LogP contribution in [0.15, 0.2) is 35.1 Å². The molecule has 0 spiro atoms. The largest absolute Gasteiger partial charge is 0.493 e. The smallest absolute Gasteiger partial charge is 0.411 e. The number of anilines is 1. The fourth-order valence-electron chi connectivity index (χ4n) is 5.90. The van der Waals surface area contributed by atoms with Crippen molar-refractivity contribution in [3.05, 3.63) is 74.5 Å². The molecule has 5 rings (SSSR count). The Morgan fingerprint density at radius 1 is 1.13 bits per heavy atom. The minimum absolute atomic E-state index is 0.0182. The maximum Gasteiger partial charge on any atom is 0.411 e. The number of morpholine rings is 1. The van der Waals surface area contributed by atoms with Crippen molar-refractivity contribution in [3.63, 3.8) is 0 Å². The van der Waals surface area contributed by atoms with E-state index in [9.17, 15) is 32.7 Å². The van der Waals surface area contributed by atoms with E-state index in [0.29, 0.717) is 53.1 Å². The van der Waals surface area contributed by atoms with Crippen LogP contribution >= 0.6 is 0 Å². The number of benzene rings is 2. The third kappa shape index (κ3) is 7.58. The summed E-state index contributed by atoms with van der Waals surface area (Å²) in [5, 5.41) is 16.5. The van der Waals surface area contributed by atoms with Crippen molar-refractivity contribution >= 4 is 17.6 Å². The van der Waals surface area contributed by atoms with Crippen molar-refractivity contribution in [1.82, 2.24) is 15.1 Å². The number of hydrogen-bond acceptors (Lipinski definition) is 7. The van der Waals surface area contributed by atoms with E-state index in [2.05, 4.69) is 10.4 Å². The van der Waals surface area contributed by atoms with Crippen LogP contribution < -0.4 is 20.5 Å². The highest BCUT2D eigenvalue weighted by Gasteiger charge is 2.45. The van der Waals surface area contributed by atoms with Crippen LogP contribution in [-0.2, 0) is 29.4 Å². The molecule has 1 fully saturated rings. The number of fused-ring (bicyclic) bond motifs is 1.